The fraction of sp³-hybridized carbons (Fsp3) is 0.125. The van der Waals surface area contributed by atoms with Crippen LogP contribution >= 0.6 is 11.8 Å². The van der Waals surface area contributed by atoms with E-state index in [-0.39, 0.29) is 17.5 Å². The second-order valence-corrected chi connectivity index (χ2v) is 5.79. The van der Waals surface area contributed by atoms with Crippen molar-refractivity contribution >= 4 is 28.7 Å². The van der Waals surface area contributed by atoms with Crippen LogP contribution in [0.3, 0.4) is 0 Å². The van der Waals surface area contributed by atoms with Gasteiger partial charge in [-0.05, 0) is 24.3 Å². The summed E-state index contributed by atoms with van der Waals surface area (Å²) in [5.74, 6) is -0.175. The molecule has 0 saturated carbocycles. The van der Waals surface area contributed by atoms with Gasteiger partial charge in [-0.3, -0.25) is 4.79 Å². The maximum absolute atomic E-state index is 13.1. The Bertz CT molecular complexity index is 878. The van der Waals surface area contributed by atoms with Crippen molar-refractivity contribution in [3.63, 3.8) is 0 Å². The number of carbonyl (C=O) groups is 1. The Morgan fingerprint density at radius 2 is 2.12 bits per heavy atom. The summed E-state index contributed by atoms with van der Waals surface area (Å²) < 4.78 is 14.7. The number of hydrogen-bond acceptors (Lipinski definition) is 5. The molecule has 0 radical (unpaired) electrons. The minimum atomic E-state index is -0.313. The van der Waals surface area contributed by atoms with Gasteiger partial charge in [0.1, 0.15) is 17.2 Å². The fourth-order valence-corrected chi connectivity index (χ4v) is 2.87. The molecule has 0 saturated heterocycles. The van der Waals surface area contributed by atoms with E-state index in [9.17, 15) is 9.18 Å². The van der Waals surface area contributed by atoms with Crippen molar-refractivity contribution in [3.05, 3.63) is 55.3 Å². The van der Waals surface area contributed by atoms with Crippen molar-refractivity contribution in [2.24, 2.45) is 0 Å². The van der Waals surface area contributed by atoms with Crippen LogP contribution in [0, 0.1) is 5.82 Å². The van der Waals surface area contributed by atoms with Gasteiger partial charge in [0.05, 0.1) is 23.0 Å². The number of carbonyl (C=O) groups excluding carboxylic acids is 1. The highest BCUT2D eigenvalue weighted by atomic mass is 32.2. The smallest absolute Gasteiger partial charge is 0.230 e. The molecular weight excluding hydrogens is 329 g/mol. The first kappa shape index (κ1) is 16.1. The lowest BCUT2D eigenvalue weighted by atomic mass is 10.3. The van der Waals surface area contributed by atoms with E-state index in [2.05, 4.69) is 27.0 Å². The van der Waals surface area contributed by atoms with Crippen LogP contribution in [-0.4, -0.2) is 38.0 Å². The van der Waals surface area contributed by atoms with Crippen LogP contribution in [0.4, 0.5) is 4.39 Å². The molecule has 0 unspecified atom stereocenters. The number of hydrogen-bond donors (Lipinski definition) is 1. The highest BCUT2D eigenvalue weighted by molar-refractivity contribution is 8.00. The van der Waals surface area contributed by atoms with Gasteiger partial charge in [-0.15, -0.1) is 6.58 Å². The van der Waals surface area contributed by atoms with Crippen LogP contribution in [0.1, 0.15) is 0 Å². The van der Waals surface area contributed by atoms with E-state index in [1.54, 1.807) is 29.1 Å². The van der Waals surface area contributed by atoms with Gasteiger partial charge in [-0.1, -0.05) is 17.8 Å². The number of aromatic nitrogens is 4. The molecule has 6 nitrogen and oxygen atoms in total. The molecule has 1 N–H and O–H groups in total. The van der Waals surface area contributed by atoms with Crippen molar-refractivity contribution in [3.8, 4) is 5.69 Å². The number of fused-ring (bicyclic) bond motifs is 1. The number of nitrogens with one attached hydrogen (secondary N) is 1. The van der Waals surface area contributed by atoms with E-state index in [0.717, 1.165) is 5.39 Å². The summed E-state index contributed by atoms with van der Waals surface area (Å²) in [5, 5.41) is 8.41. The molecule has 122 valence electrons. The molecule has 0 fully saturated rings. The molecule has 0 bridgehead atoms. The van der Waals surface area contributed by atoms with E-state index >= 15 is 0 Å². The molecule has 2 heterocycles. The monoisotopic (exact) mass is 343 g/mol. The third kappa shape index (κ3) is 3.43. The number of nitrogens with zero attached hydrogens (tertiary/aromatic N) is 4. The largest absolute Gasteiger partial charge is 0.352 e. The maximum Gasteiger partial charge on any atom is 0.230 e. The zero-order valence-corrected chi connectivity index (χ0v) is 13.5. The fourth-order valence-electron chi connectivity index (χ4n) is 2.08. The Morgan fingerprint density at radius 1 is 1.33 bits per heavy atom. The molecule has 24 heavy (non-hydrogen) atoms. The van der Waals surface area contributed by atoms with Crippen molar-refractivity contribution < 1.29 is 9.18 Å². The zero-order valence-electron chi connectivity index (χ0n) is 12.6. The molecule has 3 rings (SSSR count). The molecule has 0 spiro atoms. The number of benzene rings is 1. The Kier molecular flexibility index (Phi) is 4.85. The van der Waals surface area contributed by atoms with Gasteiger partial charge in [0, 0.05) is 6.54 Å². The Labute approximate surface area is 141 Å². The van der Waals surface area contributed by atoms with Gasteiger partial charge in [0.15, 0.2) is 5.65 Å². The molecule has 8 heteroatoms. The normalized spacial score (nSPS) is 10.7. The van der Waals surface area contributed by atoms with Crippen LogP contribution in [0.15, 0.2) is 54.5 Å². The average Bonchev–Trinajstić information content (AvgIpc) is 3.03. The molecule has 2 aromatic heterocycles. The predicted molar refractivity (Wildman–Crippen MR) is 90.5 cm³/mol. The van der Waals surface area contributed by atoms with Crippen LogP contribution in [-0.2, 0) is 4.79 Å². The molecule has 1 aromatic carbocycles. The van der Waals surface area contributed by atoms with Crippen molar-refractivity contribution in [2.45, 2.75) is 5.03 Å². The van der Waals surface area contributed by atoms with Gasteiger partial charge in [0.2, 0.25) is 5.91 Å². The third-order valence-corrected chi connectivity index (χ3v) is 4.19. The van der Waals surface area contributed by atoms with E-state index < -0.39 is 0 Å². The van der Waals surface area contributed by atoms with Crippen molar-refractivity contribution in [1.82, 2.24) is 25.1 Å². The van der Waals surface area contributed by atoms with E-state index in [1.165, 1.54) is 30.2 Å². The second kappa shape index (κ2) is 7.22. The lowest BCUT2D eigenvalue weighted by Gasteiger charge is -2.04. The number of amides is 1. The molecular formula is C16H14FN5OS. The standard InChI is InChI=1S/C16H14FN5OS/c1-2-7-18-14(23)9-24-16-13-8-21-22(15(13)19-10-20-16)12-5-3-11(17)4-6-12/h2-6,8,10H,1,7,9H2,(H,18,23). The summed E-state index contributed by atoms with van der Waals surface area (Å²) in [5.41, 5.74) is 1.30. The molecule has 0 aliphatic heterocycles. The van der Waals surface area contributed by atoms with Gasteiger partial charge in [0.25, 0.3) is 0 Å². The van der Waals surface area contributed by atoms with Crippen molar-refractivity contribution in [2.75, 3.05) is 12.3 Å². The van der Waals surface area contributed by atoms with E-state index in [4.69, 9.17) is 0 Å². The number of rotatable bonds is 6. The lowest BCUT2D eigenvalue weighted by Crippen LogP contribution is -2.24. The molecule has 3 aromatic rings. The van der Waals surface area contributed by atoms with Crippen LogP contribution in [0.2, 0.25) is 0 Å². The Morgan fingerprint density at radius 3 is 2.88 bits per heavy atom. The minimum absolute atomic E-state index is 0.0995. The molecule has 0 atom stereocenters. The summed E-state index contributed by atoms with van der Waals surface area (Å²) in [6, 6.07) is 5.98. The van der Waals surface area contributed by atoms with Gasteiger partial charge >= 0.3 is 0 Å². The van der Waals surface area contributed by atoms with Gasteiger partial charge in [-0.25, -0.2) is 19.0 Å². The highest BCUT2D eigenvalue weighted by Gasteiger charge is 2.12. The maximum atomic E-state index is 13.1. The first-order valence-electron chi connectivity index (χ1n) is 7.14. The Balaban J connectivity index is 1.85. The summed E-state index contributed by atoms with van der Waals surface area (Å²) in [6.07, 6.45) is 4.69. The summed E-state index contributed by atoms with van der Waals surface area (Å²) in [6.45, 7) is 3.98. The SMILES string of the molecule is C=CCNC(=O)CSc1ncnc2c1cnn2-c1ccc(F)cc1. The van der Waals surface area contributed by atoms with E-state index in [0.29, 0.717) is 22.9 Å². The lowest BCUT2D eigenvalue weighted by molar-refractivity contribution is -0.118. The number of halogens is 1. The predicted octanol–water partition coefficient (Wildman–Crippen LogP) is 2.35. The minimum Gasteiger partial charge on any atom is -0.352 e. The quantitative estimate of drug-likeness (QED) is 0.422. The highest BCUT2D eigenvalue weighted by Crippen LogP contribution is 2.25. The molecule has 0 aliphatic carbocycles. The first-order chi connectivity index (χ1) is 11.7. The van der Waals surface area contributed by atoms with E-state index in [1.807, 2.05) is 0 Å². The second-order valence-electron chi connectivity index (χ2n) is 4.83. The summed E-state index contributed by atoms with van der Waals surface area (Å²) >= 11 is 1.31. The topological polar surface area (TPSA) is 72.7 Å². The van der Waals surface area contributed by atoms with Gasteiger partial charge in [-0.2, -0.15) is 5.10 Å². The number of thioether (sulfide) groups is 1. The molecule has 0 aliphatic rings. The summed E-state index contributed by atoms with van der Waals surface area (Å²) in [4.78, 5) is 20.2. The summed E-state index contributed by atoms with van der Waals surface area (Å²) in [7, 11) is 0. The van der Waals surface area contributed by atoms with Gasteiger partial charge < -0.3 is 5.32 Å². The van der Waals surface area contributed by atoms with Crippen LogP contribution in [0.25, 0.3) is 16.7 Å². The van der Waals surface area contributed by atoms with Crippen molar-refractivity contribution in [1.29, 1.82) is 0 Å². The Hall–Kier alpha value is -2.74. The van der Waals surface area contributed by atoms with Crippen LogP contribution in [0.5, 0.6) is 0 Å². The average molecular weight is 343 g/mol. The third-order valence-electron chi connectivity index (χ3n) is 3.18. The van der Waals surface area contributed by atoms with Crippen LogP contribution < -0.4 is 5.32 Å². The first-order valence-corrected chi connectivity index (χ1v) is 8.12. The molecule has 1 amide bonds. The zero-order chi connectivity index (χ0) is 16.9.